The van der Waals surface area contributed by atoms with E-state index in [4.69, 9.17) is 11.6 Å². The number of aromatic nitrogens is 1. The van der Waals surface area contributed by atoms with Gasteiger partial charge < -0.3 is 9.63 Å². The Balaban J connectivity index is 1.54. The van der Waals surface area contributed by atoms with Crippen molar-refractivity contribution in [3.8, 4) is 0 Å². The third-order valence-electron chi connectivity index (χ3n) is 5.73. The number of hydrogen-bond donors (Lipinski definition) is 2. The number of carbonyl (C=O) groups is 1. The summed E-state index contributed by atoms with van der Waals surface area (Å²) in [5.41, 5.74) is -2.50. The van der Waals surface area contributed by atoms with Gasteiger partial charge in [0.1, 0.15) is 15.8 Å². The molecule has 2 aromatic rings. The van der Waals surface area contributed by atoms with Crippen molar-refractivity contribution in [1.29, 1.82) is 0 Å². The number of carboxylic acid groups (broad SMARTS) is 1. The van der Waals surface area contributed by atoms with Gasteiger partial charge in [0.05, 0.1) is 0 Å². The standard InChI is InChI=1S/C19H16ClF3N2O5S2/c1-17(10-4-2-3-5-11(10)20)9-18(17,16(26)27)25-32(28,29)15-7-6-13(31-15)12-8-14(30-24-12)19(21,22)23/h2-6,8,15,25H,7,9H2,1H3,(H,26,27). The zero-order chi connectivity index (χ0) is 23.5. The van der Waals surface area contributed by atoms with Gasteiger partial charge in [0, 0.05) is 21.4 Å². The summed E-state index contributed by atoms with van der Waals surface area (Å²) < 4.78 is 69.8. The molecule has 1 saturated carbocycles. The number of benzene rings is 1. The molecule has 2 heterocycles. The highest BCUT2D eigenvalue weighted by Crippen LogP contribution is 2.60. The van der Waals surface area contributed by atoms with Crippen molar-refractivity contribution >= 4 is 44.3 Å². The minimum absolute atomic E-state index is 0.00576. The summed E-state index contributed by atoms with van der Waals surface area (Å²) in [7, 11) is -4.20. The number of carboxylic acids is 1. The molecule has 32 heavy (non-hydrogen) atoms. The smallest absolute Gasteiger partial charge is 0.452 e. The van der Waals surface area contributed by atoms with E-state index < -0.39 is 43.5 Å². The number of alkyl halides is 3. The Labute approximate surface area is 190 Å². The van der Waals surface area contributed by atoms with Crippen molar-refractivity contribution in [2.45, 2.75) is 41.5 Å². The van der Waals surface area contributed by atoms with Crippen LogP contribution in [-0.4, -0.2) is 34.8 Å². The molecule has 0 saturated heterocycles. The monoisotopic (exact) mass is 508 g/mol. The largest absolute Gasteiger partial charge is 0.480 e. The molecule has 0 bridgehead atoms. The first-order valence-corrected chi connectivity index (χ1v) is 12.0. The van der Waals surface area contributed by atoms with Crippen molar-refractivity contribution in [3.05, 3.63) is 58.4 Å². The fraction of sp³-hybridized carbons (Fsp3) is 0.368. The lowest BCUT2D eigenvalue weighted by Crippen LogP contribution is -2.50. The molecular formula is C19H16ClF3N2O5S2. The summed E-state index contributed by atoms with van der Waals surface area (Å²) in [5, 5.41) is 13.6. The maximum Gasteiger partial charge on any atom is 0.452 e. The Hall–Kier alpha value is -2.02. The first-order chi connectivity index (χ1) is 14.8. The van der Waals surface area contributed by atoms with E-state index in [1.807, 2.05) is 0 Å². The highest BCUT2D eigenvalue weighted by molar-refractivity contribution is 8.18. The summed E-state index contributed by atoms with van der Waals surface area (Å²) in [4.78, 5) is 12.3. The summed E-state index contributed by atoms with van der Waals surface area (Å²) in [6.07, 6.45) is -3.33. The lowest BCUT2D eigenvalue weighted by molar-refractivity contribution is -0.155. The molecule has 1 aliphatic carbocycles. The maximum atomic E-state index is 13.1. The minimum atomic E-state index is -4.72. The van der Waals surface area contributed by atoms with Crippen LogP contribution in [0.3, 0.4) is 0 Å². The molecule has 1 fully saturated rings. The first kappa shape index (κ1) is 23.1. The zero-order valence-corrected chi connectivity index (χ0v) is 18.7. The van der Waals surface area contributed by atoms with Gasteiger partial charge in [-0.1, -0.05) is 48.0 Å². The Kier molecular flexibility index (Phi) is 5.43. The van der Waals surface area contributed by atoms with Gasteiger partial charge in [0.2, 0.25) is 15.8 Å². The van der Waals surface area contributed by atoms with E-state index in [0.29, 0.717) is 16.7 Å². The molecule has 3 atom stereocenters. The molecule has 3 unspecified atom stereocenters. The van der Waals surface area contributed by atoms with Crippen LogP contribution in [0.25, 0.3) is 4.91 Å². The second kappa shape index (κ2) is 7.51. The van der Waals surface area contributed by atoms with Gasteiger partial charge in [-0.3, -0.25) is 4.79 Å². The Morgan fingerprint density at radius 3 is 2.66 bits per heavy atom. The SMILES string of the molecule is CC1(c2ccccc2Cl)CC1(NS(=O)(=O)C1CC=C(c2cc(C(F)(F)F)on2)S1)C(=O)O. The van der Waals surface area contributed by atoms with Gasteiger partial charge >= 0.3 is 12.1 Å². The highest BCUT2D eigenvalue weighted by Gasteiger charge is 2.73. The average Bonchev–Trinajstić information content (AvgIpc) is 3.13. The Morgan fingerprint density at radius 1 is 1.38 bits per heavy atom. The molecule has 172 valence electrons. The van der Waals surface area contributed by atoms with Crippen LogP contribution in [0, 0.1) is 0 Å². The number of nitrogens with zero attached hydrogens (tertiary/aromatic N) is 1. The van der Waals surface area contributed by atoms with Crippen LogP contribution < -0.4 is 4.72 Å². The summed E-state index contributed by atoms with van der Waals surface area (Å²) >= 11 is 7.00. The Morgan fingerprint density at radius 2 is 2.06 bits per heavy atom. The molecule has 0 spiro atoms. The van der Waals surface area contributed by atoms with Gasteiger partial charge in [-0.15, -0.1) is 11.8 Å². The van der Waals surface area contributed by atoms with Crippen molar-refractivity contribution < 1.29 is 36.0 Å². The molecular weight excluding hydrogens is 493 g/mol. The van der Waals surface area contributed by atoms with E-state index in [-0.39, 0.29) is 23.4 Å². The number of sulfonamides is 1. The third kappa shape index (κ3) is 3.72. The Bertz CT molecular complexity index is 1230. The van der Waals surface area contributed by atoms with Gasteiger partial charge in [0.25, 0.3) is 0 Å². The molecule has 1 aromatic heterocycles. The van der Waals surface area contributed by atoms with Gasteiger partial charge in [-0.05, 0) is 24.5 Å². The van der Waals surface area contributed by atoms with E-state index >= 15 is 0 Å². The number of thioether (sulfide) groups is 1. The van der Waals surface area contributed by atoms with Crippen LogP contribution in [0.2, 0.25) is 5.02 Å². The number of aliphatic carboxylic acids is 1. The fourth-order valence-corrected chi connectivity index (χ4v) is 7.40. The molecule has 1 aliphatic heterocycles. The molecule has 2 N–H and O–H groups in total. The van der Waals surface area contributed by atoms with Crippen LogP contribution in [0.4, 0.5) is 13.2 Å². The number of allylic oxidation sites excluding steroid dienone is 1. The third-order valence-corrected chi connectivity index (χ3v) is 9.71. The zero-order valence-electron chi connectivity index (χ0n) is 16.3. The first-order valence-electron chi connectivity index (χ1n) is 9.22. The van der Waals surface area contributed by atoms with E-state index in [9.17, 15) is 31.5 Å². The summed E-state index contributed by atoms with van der Waals surface area (Å²) in [6.45, 7) is 1.62. The van der Waals surface area contributed by atoms with Crippen LogP contribution in [0.5, 0.6) is 0 Å². The molecule has 7 nitrogen and oxygen atoms in total. The van der Waals surface area contributed by atoms with Crippen molar-refractivity contribution in [3.63, 3.8) is 0 Å². The molecule has 0 amide bonds. The second-order valence-electron chi connectivity index (χ2n) is 7.77. The van der Waals surface area contributed by atoms with Crippen LogP contribution in [-0.2, 0) is 26.4 Å². The predicted molar refractivity (Wildman–Crippen MR) is 111 cm³/mol. The highest BCUT2D eigenvalue weighted by atomic mass is 35.5. The topological polar surface area (TPSA) is 110 Å². The van der Waals surface area contributed by atoms with Crippen LogP contribution in [0.1, 0.15) is 36.8 Å². The van der Waals surface area contributed by atoms with Crippen molar-refractivity contribution in [2.75, 3.05) is 0 Å². The lowest BCUT2D eigenvalue weighted by Gasteiger charge is -2.23. The van der Waals surface area contributed by atoms with E-state index in [0.717, 1.165) is 11.8 Å². The normalized spacial score (nSPS) is 27.9. The van der Waals surface area contributed by atoms with E-state index in [1.165, 1.54) is 6.08 Å². The lowest BCUT2D eigenvalue weighted by atomic mass is 9.93. The number of rotatable bonds is 6. The summed E-state index contributed by atoms with van der Waals surface area (Å²) in [6, 6.07) is 7.30. The summed E-state index contributed by atoms with van der Waals surface area (Å²) in [5.74, 6) is -2.64. The van der Waals surface area contributed by atoms with Gasteiger partial charge in [-0.25, -0.2) is 8.42 Å². The van der Waals surface area contributed by atoms with E-state index in [1.54, 1.807) is 31.2 Å². The fourth-order valence-electron chi connectivity index (χ4n) is 3.85. The van der Waals surface area contributed by atoms with Crippen molar-refractivity contribution in [2.24, 2.45) is 0 Å². The molecule has 0 radical (unpaired) electrons. The molecule has 2 aliphatic rings. The van der Waals surface area contributed by atoms with Gasteiger partial charge in [0.15, 0.2) is 0 Å². The quantitative estimate of drug-likeness (QED) is 0.600. The van der Waals surface area contributed by atoms with Crippen molar-refractivity contribution in [1.82, 2.24) is 9.88 Å². The number of nitrogens with one attached hydrogen (secondary N) is 1. The predicted octanol–water partition coefficient (Wildman–Crippen LogP) is 4.26. The average molecular weight is 509 g/mol. The number of halogens is 4. The maximum absolute atomic E-state index is 13.1. The number of hydrogen-bond acceptors (Lipinski definition) is 6. The second-order valence-corrected chi connectivity index (χ2v) is 11.6. The molecule has 4 rings (SSSR count). The molecule has 1 aromatic carbocycles. The van der Waals surface area contributed by atoms with Crippen LogP contribution in [0.15, 0.2) is 40.9 Å². The van der Waals surface area contributed by atoms with Gasteiger partial charge in [-0.2, -0.15) is 17.9 Å². The molecule has 13 heteroatoms. The minimum Gasteiger partial charge on any atom is -0.480 e. The van der Waals surface area contributed by atoms with Crippen LogP contribution >= 0.6 is 23.4 Å². The van der Waals surface area contributed by atoms with E-state index in [2.05, 4.69) is 14.4 Å².